The lowest BCUT2D eigenvalue weighted by molar-refractivity contribution is 0.0974. The molecule has 0 saturated heterocycles. The zero-order valence-corrected chi connectivity index (χ0v) is 16.9. The van der Waals surface area contributed by atoms with Gasteiger partial charge in [-0.1, -0.05) is 24.3 Å². The van der Waals surface area contributed by atoms with Crippen molar-refractivity contribution in [2.24, 2.45) is 0 Å². The first-order valence-electron chi connectivity index (χ1n) is 8.50. The van der Waals surface area contributed by atoms with E-state index in [9.17, 15) is 22.0 Å². The van der Waals surface area contributed by atoms with E-state index < -0.39 is 27.6 Å². The number of para-hydroxylation sites is 2. The smallest absolute Gasteiger partial charge is 0.261 e. The molecule has 154 valence electrons. The maximum atomic E-state index is 13.7. The second-order valence-corrected chi connectivity index (χ2v) is 8.08. The van der Waals surface area contributed by atoms with Gasteiger partial charge in [0.1, 0.15) is 11.6 Å². The fourth-order valence-corrected chi connectivity index (χ4v) is 3.75. The third-order valence-corrected chi connectivity index (χ3v) is 5.47. The van der Waals surface area contributed by atoms with Gasteiger partial charge in [0.2, 0.25) is 0 Å². The SMILES string of the molecule is O=C(NC(=S)Nc1ccccc1NS(=O)(=O)c1ccc(F)cc1)c1ccccc1F. The third kappa shape index (κ3) is 5.16. The van der Waals surface area contributed by atoms with Gasteiger partial charge in [0.15, 0.2) is 5.11 Å². The Kier molecular flexibility index (Phi) is 6.38. The quantitative estimate of drug-likeness (QED) is 0.517. The summed E-state index contributed by atoms with van der Waals surface area (Å²) in [7, 11) is -4.00. The molecule has 3 rings (SSSR count). The molecule has 0 aliphatic carbocycles. The number of hydrogen-bond acceptors (Lipinski definition) is 4. The average Bonchev–Trinajstić information content (AvgIpc) is 2.70. The van der Waals surface area contributed by atoms with Gasteiger partial charge in [-0.3, -0.25) is 14.8 Å². The van der Waals surface area contributed by atoms with Gasteiger partial charge in [0.05, 0.1) is 21.8 Å². The van der Waals surface area contributed by atoms with Crippen LogP contribution in [0.5, 0.6) is 0 Å². The fraction of sp³-hybridized carbons (Fsp3) is 0. The van der Waals surface area contributed by atoms with Gasteiger partial charge in [-0.05, 0) is 60.7 Å². The molecular weight excluding hydrogens is 432 g/mol. The lowest BCUT2D eigenvalue weighted by atomic mass is 10.2. The van der Waals surface area contributed by atoms with Crippen molar-refractivity contribution in [1.29, 1.82) is 0 Å². The van der Waals surface area contributed by atoms with Crippen LogP contribution in [0.1, 0.15) is 10.4 Å². The number of halogens is 2. The molecule has 0 atom stereocenters. The normalized spacial score (nSPS) is 10.9. The molecule has 1 amide bonds. The molecule has 30 heavy (non-hydrogen) atoms. The lowest BCUT2D eigenvalue weighted by Gasteiger charge is -2.15. The Morgan fingerprint density at radius 1 is 0.833 bits per heavy atom. The lowest BCUT2D eigenvalue weighted by Crippen LogP contribution is -2.34. The van der Waals surface area contributed by atoms with Crippen LogP contribution in [0, 0.1) is 11.6 Å². The van der Waals surface area contributed by atoms with Crippen LogP contribution < -0.4 is 15.4 Å². The number of amides is 1. The van der Waals surface area contributed by atoms with Crippen molar-refractivity contribution in [3.8, 4) is 0 Å². The van der Waals surface area contributed by atoms with Crippen LogP contribution in [0.25, 0.3) is 0 Å². The highest BCUT2D eigenvalue weighted by Crippen LogP contribution is 2.24. The number of benzene rings is 3. The summed E-state index contributed by atoms with van der Waals surface area (Å²) in [6.45, 7) is 0. The first-order valence-corrected chi connectivity index (χ1v) is 10.4. The Morgan fingerprint density at radius 3 is 2.10 bits per heavy atom. The van der Waals surface area contributed by atoms with E-state index in [4.69, 9.17) is 12.2 Å². The average molecular weight is 447 g/mol. The van der Waals surface area contributed by atoms with E-state index in [1.54, 1.807) is 12.1 Å². The number of nitrogens with one attached hydrogen (secondary N) is 3. The van der Waals surface area contributed by atoms with E-state index in [-0.39, 0.29) is 26.9 Å². The molecule has 10 heteroatoms. The van der Waals surface area contributed by atoms with Crippen LogP contribution in [0.15, 0.2) is 77.7 Å². The van der Waals surface area contributed by atoms with Crippen molar-refractivity contribution in [3.63, 3.8) is 0 Å². The molecule has 0 aliphatic rings. The minimum Gasteiger partial charge on any atom is -0.331 e. The highest BCUT2D eigenvalue weighted by atomic mass is 32.2. The molecule has 0 saturated carbocycles. The Balaban J connectivity index is 1.75. The molecule has 0 fully saturated rings. The number of carbonyl (C=O) groups excluding carboxylic acids is 1. The molecule has 0 radical (unpaired) electrons. The van der Waals surface area contributed by atoms with E-state index in [2.05, 4.69) is 15.4 Å². The number of hydrogen-bond donors (Lipinski definition) is 3. The van der Waals surface area contributed by atoms with E-state index in [0.717, 1.165) is 30.3 Å². The zero-order chi connectivity index (χ0) is 21.7. The summed E-state index contributed by atoms with van der Waals surface area (Å²) in [4.78, 5) is 12.0. The number of anilines is 2. The number of sulfonamides is 1. The standard InChI is InChI=1S/C20H15F2N3O3S2/c21-13-9-11-14(12-10-13)30(27,28)25-18-8-4-3-7-17(18)23-20(29)24-19(26)15-5-1-2-6-16(15)22/h1-12,25H,(H2,23,24,26,29). The summed E-state index contributed by atoms with van der Waals surface area (Å²) in [5.41, 5.74) is 0.207. The van der Waals surface area contributed by atoms with Crippen molar-refractivity contribution < 1.29 is 22.0 Å². The predicted molar refractivity (Wildman–Crippen MR) is 114 cm³/mol. The summed E-state index contributed by atoms with van der Waals surface area (Å²) in [6.07, 6.45) is 0. The molecule has 3 aromatic carbocycles. The van der Waals surface area contributed by atoms with Gasteiger partial charge in [0.25, 0.3) is 15.9 Å². The largest absolute Gasteiger partial charge is 0.331 e. The van der Waals surface area contributed by atoms with Crippen molar-refractivity contribution in [3.05, 3.63) is 90.0 Å². The van der Waals surface area contributed by atoms with Crippen molar-refractivity contribution >= 4 is 44.6 Å². The van der Waals surface area contributed by atoms with Crippen LogP contribution >= 0.6 is 12.2 Å². The van der Waals surface area contributed by atoms with E-state index >= 15 is 0 Å². The zero-order valence-electron chi connectivity index (χ0n) is 15.2. The second kappa shape index (κ2) is 8.97. The molecule has 0 bridgehead atoms. The predicted octanol–water partition coefficient (Wildman–Crippen LogP) is 3.89. The van der Waals surface area contributed by atoms with E-state index in [1.807, 2.05) is 0 Å². The number of carbonyl (C=O) groups is 1. The maximum absolute atomic E-state index is 13.7. The van der Waals surface area contributed by atoms with Crippen LogP contribution in [-0.4, -0.2) is 19.4 Å². The summed E-state index contributed by atoms with van der Waals surface area (Å²) in [6, 6.07) is 16.0. The van der Waals surface area contributed by atoms with Gasteiger partial charge >= 0.3 is 0 Å². The molecular formula is C20H15F2N3O3S2. The van der Waals surface area contributed by atoms with Gasteiger partial charge in [-0.2, -0.15) is 0 Å². The molecule has 3 N–H and O–H groups in total. The molecule has 0 heterocycles. The maximum Gasteiger partial charge on any atom is 0.261 e. The molecule has 0 spiro atoms. The first-order chi connectivity index (χ1) is 14.3. The fourth-order valence-electron chi connectivity index (χ4n) is 2.47. The molecule has 0 aromatic heterocycles. The molecule has 0 unspecified atom stereocenters. The topological polar surface area (TPSA) is 87.3 Å². The van der Waals surface area contributed by atoms with E-state index in [0.29, 0.717) is 0 Å². The van der Waals surface area contributed by atoms with Gasteiger partial charge in [-0.25, -0.2) is 17.2 Å². The first kappa shape index (κ1) is 21.3. The summed E-state index contributed by atoms with van der Waals surface area (Å²) in [5, 5.41) is 4.88. The number of rotatable bonds is 5. The monoisotopic (exact) mass is 447 g/mol. The Labute approximate surface area is 177 Å². The Hall–Kier alpha value is -3.37. The summed E-state index contributed by atoms with van der Waals surface area (Å²) in [5.74, 6) is -2.02. The molecule has 0 aliphatic heterocycles. The van der Waals surface area contributed by atoms with Gasteiger partial charge in [-0.15, -0.1) is 0 Å². The minimum atomic E-state index is -4.00. The highest BCUT2D eigenvalue weighted by molar-refractivity contribution is 7.92. The van der Waals surface area contributed by atoms with Crippen molar-refractivity contribution in [2.45, 2.75) is 4.90 Å². The van der Waals surface area contributed by atoms with E-state index in [1.165, 1.54) is 30.3 Å². The van der Waals surface area contributed by atoms with Crippen molar-refractivity contribution in [1.82, 2.24) is 5.32 Å². The third-order valence-electron chi connectivity index (χ3n) is 3.89. The van der Waals surface area contributed by atoms with Gasteiger partial charge in [0, 0.05) is 0 Å². The second-order valence-electron chi connectivity index (χ2n) is 5.99. The van der Waals surface area contributed by atoms with Crippen LogP contribution in [0.3, 0.4) is 0 Å². The summed E-state index contributed by atoms with van der Waals surface area (Å²) < 4.78 is 54.3. The van der Waals surface area contributed by atoms with Crippen molar-refractivity contribution in [2.75, 3.05) is 10.0 Å². The Morgan fingerprint density at radius 2 is 1.43 bits per heavy atom. The summed E-state index contributed by atoms with van der Waals surface area (Å²) >= 11 is 5.08. The van der Waals surface area contributed by atoms with Crippen LogP contribution in [-0.2, 0) is 10.0 Å². The minimum absolute atomic E-state index is 0.130. The van der Waals surface area contributed by atoms with Gasteiger partial charge < -0.3 is 5.32 Å². The number of thiocarbonyl (C=S) groups is 1. The molecule has 6 nitrogen and oxygen atoms in total. The van der Waals surface area contributed by atoms with Crippen LogP contribution in [0.2, 0.25) is 0 Å². The van der Waals surface area contributed by atoms with Crippen LogP contribution in [0.4, 0.5) is 20.2 Å². The Bertz CT molecular complexity index is 1200. The highest BCUT2D eigenvalue weighted by Gasteiger charge is 2.17. The molecule has 3 aromatic rings.